The molecule has 0 radical (unpaired) electrons. The second-order valence-electron chi connectivity index (χ2n) is 4.29. The zero-order valence-corrected chi connectivity index (χ0v) is 10.4. The molecule has 1 aromatic heterocycles. The summed E-state index contributed by atoms with van der Waals surface area (Å²) in [5.74, 6) is 0.251. The largest absolute Gasteiger partial charge is 0.378 e. The second-order valence-corrected chi connectivity index (χ2v) is 5.23. The van der Waals surface area contributed by atoms with Gasteiger partial charge in [0.25, 0.3) is 0 Å². The van der Waals surface area contributed by atoms with Crippen molar-refractivity contribution in [2.75, 3.05) is 6.61 Å². The Labute approximate surface area is 99.8 Å². The number of ketones is 1. The van der Waals surface area contributed by atoms with Gasteiger partial charge in [0.2, 0.25) is 0 Å². The molecule has 1 saturated heterocycles. The first-order chi connectivity index (χ1) is 7.74. The van der Waals surface area contributed by atoms with Crippen LogP contribution in [0, 0.1) is 6.92 Å². The van der Waals surface area contributed by atoms with Crippen molar-refractivity contribution >= 4 is 17.1 Å². The number of rotatable bonds is 4. The number of carbonyl (C=O) groups is 1. The second kappa shape index (κ2) is 5.55. The number of ether oxygens (including phenoxy) is 1. The lowest BCUT2D eigenvalue weighted by Gasteiger charge is -2.21. The number of aromatic nitrogens is 1. The monoisotopic (exact) mass is 239 g/mol. The summed E-state index contributed by atoms with van der Waals surface area (Å²) in [6.45, 7) is 2.77. The molecule has 3 nitrogen and oxygen atoms in total. The maximum absolute atomic E-state index is 11.8. The quantitative estimate of drug-likeness (QED) is 0.810. The Morgan fingerprint density at radius 1 is 1.62 bits per heavy atom. The summed E-state index contributed by atoms with van der Waals surface area (Å²) in [5.41, 5.74) is 1.00. The molecule has 1 aliphatic heterocycles. The molecular formula is C12H17NO2S. The Morgan fingerprint density at radius 2 is 2.50 bits per heavy atom. The van der Waals surface area contributed by atoms with Crippen LogP contribution in [0.2, 0.25) is 0 Å². The number of hydrogen-bond acceptors (Lipinski definition) is 4. The highest BCUT2D eigenvalue weighted by Gasteiger charge is 2.18. The van der Waals surface area contributed by atoms with Gasteiger partial charge in [-0.25, -0.2) is 4.98 Å². The summed E-state index contributed by atoms with van der Waals surface area (Å²) >= 11 is 1.57. The Bertz CT molecular complexity index is 356. The standard InChI is InChI=1S/C12H17NO2S/c1-9-8-16-12(13-9)7-10(14)6-11-4-2-3-5-15-11/h8,11H,2-7H2,1H3. The van der Waals surface area contributed by atoms with Crippen LogP contribution in [0.25, 0.3) is 0 Å². The van der Waals surface area contributed by atoms with E-state index in [1.54, 1.807) is 11.3 Å². The molecule has 0 aromatic carbocycles. The first-order valence-corrected chi connectivity index (χ1v) is 6.66. The van der Waals surface area contributed by atoms with Crippen molar-refractivity contribution in [3.63, 3.8) is 0 Å². The maximum Gasteiger partial charge on any atom is 0.142 e. The molecule has 0 bridgehead atoms. The lowest BCUT2D eigenvalue weighted by atomic mass is 10.0. The number of aryl methyl sites for hydroxylation is 1. The maximum atomic E-state index is 11.8. The van der Waals surface area contributed by atoms with Crippen molar-refractivity contribution in [3.8, 4) is 0 Å². The van der Waals surface area contributed by atoms with E-state index in [0.717, 1.165) is 30.2 Å². The molecule has 1 unspecified atom stereocenters. The molecule has 88 valence electrons. The van der Waals surface area contributed by atoms with Gasteiger partial charge >= 0.3 is 0 Å². The van der Waals surface area contributed by atoms with Gasteiger partial charge in [0.15, 0.2) is 0 Å². The number of Topliss-reactive ketones (excluding diaryl/α,β-unsaturated/α-hetero) is 1. The van der Waals surface area contributed by atoms with Crippen LogP contribution >= 0.6 is 11.3 Å². The van der Waals surface area contributed by atoms with Crippen molar-refractivity contribution < 1.29 is 9.53 Å². The fraction of sp³-hybridized carbons (Fsp3) is 0.667. The van der Waals surface area contributed by atoms with Crippen molar-refractivity contribution in [2.45, 2.75) is 45.1 Å². The molecule has 1 aliphatic rings. The highest BCUT2D eigenvalue weighted by molar-refractivity contribution is 7.09. The number of hydrogen-bond donors (Lipinski definition) is 0. The summed E-state index contributed by atoms with van der Waals surface area (Å²) < 4.78 is 5.55. The van der Waals surface area contributed by atoms with Crippen LogP contribution in [-0.2, 0) is 16.0 Å². The van der Waals surface area contributed by atoms with Crippen LogP contribution < -0.4 is 0 Å². The summed E-state index contributed by atoms with van der Waals surface area (Å²) in [6.07, 6.45) is 4.53. The van der Waals surface area contributed by atoms with E-state index in [4.69, 9.17) is 4.74 Å². The lowest BCUT2D eigenvalue weighted by molar-refractivity contribution is -0.122. The van der Waals surface area contributed by atoms with Crippen LogP contribution in [0.3, 0.4) is 0 Å². The Kier molecular flexibility index (Phi) is 4.07. The molecule has 0 saturated carbocycles. The molecule has 1 aromatic rings. The smallest absolute Gasteiger partial charge is 0.142 e. The molecule has 0 amide bonds. The first-order valence-electron chi connectivity index (χ1n) is 5.78. The van der Waals surface area contributed by atoms with Gasteiger partial charge in [-0.1, -0.05) is 0 Å². The minimum absolute atomic E-state index is 0.155. The minimum atomic E-state index is 0.155. The Hall–Kier alpha value is -0.740. The lowest BCUT2D eigenvalue weighted by Crippen LogP contribution is -2.23. The van der Waals surface area contributed by atoms with Crippen molar-refractivity contribution in [1.82, 2.24) is 4.98 Å². The molecule has 0 aliphatic carbocycles. The summed E-state index contributed by atoms with van der Waals surface area (Å²) in [4.78, 5) is 16.1. The molecule has 2 heterocycles. The zero-order chi connectivity index (χ0) is 11.4. The van der Waals surface area contributed by atoms with E-state index in [-0.39, 0.29) is 11.9 Å². The molecule has 1 atom stereocenters. The number of carbonyl (C=O) groups excluding carboxylic acids is 1. The van der Waals surface area contributed by atoms with Gasteiger partial charge in [0.05, 0.1) is 12.5 Å². The first kappa shape index (κ1) is 11.7. The predicted octanol–water partition coefficient (Wildman–Crippen LogP) is 2.52. The third-order valence-electron chi connectivity index (χ3n) is 2.74. The van der Waals surface area contributed by atoms with E-state index < -0.39 is 0 Å². The van der Waals surface area contributed by atoms with Gasteiger partial charge in [-0.3, -0.25) is 4.79 Å². The minimum Gasteiger partial charge on any atom is -0.378 e. The van der Waals surface area contributed by atoms with Crippen molar-refractivity contribution in [3.05, 3.63) is 16.1 Å². The van der Waals surface area contributed by atoms with E-state index in [1.807, 2.05) is 12.3 Å². The third-order valence-corrected chi connectivity index (χ3v) is 3.71. The van der Waals surface area contributed by atoms with Crippen LogP contribution in [-0.4, -0.2) is 23.5 Å². The van der Waals surface area contributed by atoms with Gasteiger partial charge in [-0.05, 0) is 26.2 Å². The third kappa shape index (κ3) is 3.39. The average molecular weight is 239 g/mol. The summed E-state index contributed by atoms with van der Waals surface area (Å²) in [7, 11) is 0. The molecule has 4 heteroatoms. The Balaban J connectivity index is 1.79. The fourth-order valence-corrected chi connectivity index (χ4v) is 2.75. The van der Waals surface area contributed by atoms with Crippen molar-refractivity contribution in [2.24, 2.45) is 0 Å². The molecule has 1 fully saturated rings. The van der Waals surface area contributed by atoms with E-state index in [9.17, 15) is 4.79 Å². The Morgan fingerprint density at radius 3 is 3.12 bits per heavy atom. The predicted molar refractivity (Wildman–Crippen MR) is 63.8 cm³/mol. The van der Waals surface area contributed by atoms with Gasteiger partial charge < -0.3 is 4.74 Å². The molecule has 0 N–H and O–H groups in total. The van der Waals surface area contributed by atoms with E-state index in [2.05, 4.69) is 4.98 Å². The molecule has 2 rings (SSSR count). The number of nitrogens with zero attached hydrogens (tertiary/aromatic N) is 1. The van der Waals surface area contributed by atoms with Crippen molar-refractivity contribution in [1.29, 1.82) is 0 Å². The van der Waals surface area contributed by atoms with Crippen LogP contribution in [0.4, 0.5) is 0 Å². The summed E-state index contributed by atoms with van der Waals surface area (Å²) in [5, 5.41) is 2.91. The SMILES string of the molecule is Cc1csc(CC(=O)CC2CCCCO2)n1. The van der Waals surface area contributed by atoms with Gasteiger partial charge in [-0.2, -0.15) is 0 Å². The van der Waals surface area contributed by atoms with E-state index in [1.165, 1.54) is 6.42 Å². The molecule has 0 spiro atoms. The highest BCUT2D eigenvalue weighted by Crippen LogP contribution is 2.17. The molecule has 16 heavy (non-hydrogen) atoms. The van der Waals surface area contributed by atoms with Gasteiger partial charge in [0.1, 0.15) is 10.8 Å². The highest BCUT2D eigenvalue weighted by atomic mass is 32.1. The van der Waals surface area contributed by atoms with Gasteiger partial charge in [0, 0.05) is 24.1 Å². The van der Waals surface area contributed by atoms with E-state index >= 15 is 0 Å². The average Bonchev–Trinajstić information content (AvgIpc) is 2.65. The fourth-order valence-electron chi connectivity index (χ4n) is 1.95. The normalized spacial score (nSPS) is 20.9. The summed E-state index contributed by atoms with van der Waals surface area (Å²) in [6, 6.07) is 0. The zero-order valence-electron chi connectivity index (χ0n) is 9.57. The van der Waals surface area contributed by atoms with Crippen LogP contribution in [0.1, 0.15) is 36.4 Å². The van der Waals surface area contributed by atoms with Crippen LogP contribution in [0.15, 0.2) is 5.38 Å². The number of thiazole rings is 1. The molecular weight excluding hydrogens is 222 g/mol. The van der Waals surface area contributed by atoms with Crippen LogP contribution in [0.5, 0.6) is 0 Å². The topological polar surface area (TPSA) is 39.2 Å². The van der Waals surface area contributed by atoms with Gasteiger partial charge in [-0.15, -0.1) is 11.3 Å². The van der Waals surface area contributed by atoms with E-state index in [0.29, 0.717) is 12.8 Å².